The highest BCUT2D eigenvalue weighted by Crippen LogP contribution is 2.57. The van der Waals surface area contributed by atoms with Crippen LogP contribution in [0.5, 0.6) is 0 Å². The molecule has 2 aromatic carbocycles. The number of hydrogen-bond donors (Lipinski definition) is 0. The molecule has 1 unspecified atom stereocenters. The fourth-order valence-electron chi connectivity index (χ4n) is 5.81. The Labute approximate surface area is 182 Å². The van der Waals surface area contributed by atoms with Gasteiger partial charge in [-0.25, -0.2) is 0 Å². The van der Waals surface area contributed by atoms with Crippen LogP contribution >= 0.6 is 0 Å². The number of ether oxygens (including phenoxy) is 1. The minimum atomic E-state index is -1.62. The maximum atomic E-state index is 13.7. The van der Waals surface area contributed by atoms with Crippen molar-refractivity contribution in [3.8, 4) is 0 Å². The van der Waals surface area contributed by atoms with Crippen LogP contribution in [0.2, 0.25) is 0 Å². The average molecular weight is 417 g/mol. The van der Waals surface area contributed by atoms with Crippen molar-refractivity contribution in [2.45, 2.75) is 64.9 Å². The van der Waals surface area contributed by atoms with E-state index in [1.807, 2.05) is 70.2 Å². The normalized spacial score (nSPS) is 26.3. The molecule has 5 rings (SSSR count). The number of Topliss-reactive ketones (excluding diaryl/α,β-unsaturated/α-hetero) is 3. The van der Waals surface area contributed by atoms with Gasteiger partial charge in [0.05, 0.1) is 5.92 Å². The zero-order valence-corrected chi connectivity index (χ0v) is 18.6. The second-order valence-electron chi connectivity index (χ2n) is 11.0. The van der Waals surface area contributed by atoms with Gasteiger partial charge in [0, 0.05) is 31.3 Å². The van der Waals surface area contributed by atoms with Crippen molar-refractivity contribution in [3.63, 3.8) is 0 Å². The van der Waals surface area contributed by atoms with E-state index in [2.05, 4.69) is 0 Å². The fourth-order valence-corrected chi connectivity index (χ4v) is 5.81. The third kappa shape index (κ3) is 2.91. The summed E-state index contributed by atoms with van der Waals surface area (Å²) in [5.74, 6) is -0.557. The van der Waals surface area contributed by atoms with Gasteiger partial charge in [-0.3, -0.25) is 14.4 Å². The Kier molecular flexibility index (Phi) is 4.15. The molecule has 2 aliphatic carbocycles. The maximum absolute atomic E-state index is 13.7. The van der Waals surface area contributed by atoms with Crippen LogP contribution in [0.3, 0.4) is 0 Å². The molecule has 0 radical (unpaired) electrons. The number of carbonyl (C=O) groups excluding carboxylic acids is 3. The summed E-state index contributed by atoms with van der Waals surface area (Å²) < 4.78 is 6.39. The monoisotopic (exact) mass is 416 g/mol. The molecule has 0 bridgehead atoms. The lowest BCUT2D eigenvalue weighted by atomic mass is 9.61. The first-order chi connectivity index (χ1) is 14.5. The Morgan fingerprint density at radius 2 is 1.39 bits per heavy atom. The summed E-state index contributed by atoms with van der Waals surface area (Å²) in [6.07, 6.45) is 1.47. The molecule has 160 valence electrons. The van der Waals surface area contributed by atoms with Crippen molar-refractivity contribution in [1.82, 2.24) is 0 Å². The summed E-state index contributed by atoms with van der Waals surface area (Å²) in [5.41, 5.74) is -0.918. The Morgan fingerprint density at radius 1 is 0.774 bits per heavy atom. The van der Waals surface area contributed by atoms with E-state index in [0.29, 0.717) is 24.2 Å². The van der Waals surface area contributed by atoms with Crippen LogP contribution in [0.4, 0.5) is 0 Å². The summed E-state index contributed by atoms with van der Waals surface area (Å²) in [6.45, 7) is 7.95. The van der Waals surface area contributed by atoms with E-state index < -0.39 is 16.9 Å². The van der Waals surface area contributed by atoms with Gasteiger partial charge in [-0.05, 0) is 27.2 Å². The van der Waals surface area contributed by atoms with Crippen molar-refractivity contribution in [2.75, 3.05) is 0 Å². The van der Waals surface area contributed by atoms with E-state index >= 15 is 0 Å². The number of ketones is 3. The standard InChI is InChI=1S/C27H28O4/c1-25(2)12-19(28)23-20(13-25)31-27(21(29)14-26(3,4)15-22(27)30)24(23)18-11-7-9-16-8-5-6-10-17(16)18/h5-11,24H,12-15H2,1-4H3. The van der Waals surface area contributed by atoms with Gasteiger partial charge in [-0.15, -0.1) is 0 Å². The third-order valence-corrected chi connectivity index (χ3v) is 7.10. The van der Waals surface area contributed by atoms with E-state index in [1.54, 1.807) is 0 Å². The molecule has 1 aliphatic heterocycles. The highest BCUT2D eigenvalue weighted by atomic mass is 16.5. The molecule has 2 aromatic rings. The van der Waals surface area contributed by atoms with Crippen molar-refractivity contribution in [3.05, 3.63) is 59.4 Å². The quantitative estimate of drug-likeness (QED) is 0.593. The van der Waals surface area contributed by atoms with Gasteiger partial charge in [0.15, 0.2) is 17.3 Å². The topological polar surface area (TPSA) is 60.4 Å². The van der Waals surface area contributed by atoms with Crippen molar-refractivity contribution < 1.29 is 19.1 Å². The van der Waals surface area contributed by atoms with E-state index in [9.17, 15) is 14.4 Å². The second-order valence-corrected chi connectivity index (χ2v) is 11.0. The Hall–Kier alpha value is -2.75. The lowest BCUT2D eigenvalue weighted by molar-refractivity contribution is -0.160. The molecule has 4 heteroatoms. The van der Waals surface area contributed by atoms with Gasteiger partial charge in [0.2, 0.25) is 5.60 Å². The third-order valence-electron chi connectivity index (χ3n) is 7.10. The van der Waals surface area contributed by atoms with Crippen LogP contribution in [0, 0.1) is 10.8 Å². The van der Waals surface area contributed by atoms with Gasteiger partial charge in [0.1, 0.15) is 5.76 Å². The van der Waals surface area contributed by atoms with E-state index in [-0.39, 0.29) is 35.6 Å². The summed E-state index contributed by atoms with van der Waals surface area (Å²) in [6, 6.07) is 13.8. The predicted molar refractivity (Wildman–Crippen MR) is 119 cm³/mol. The van der Waals surface area contributed by atoms with Crippen LogP contribution < -0.4 is 0 Å². The summed E-state index contributed by atoms with van der Waals surface area (Å²) in [4.78, 5) is 40.8. The van der Waals surface area contributed by atoms with Crippen LogP contribution in [-0.4, -0.2) is 23.0 Å². The molecule has 1 atom stereocenters. The number of hydrogen-bond acceptors (Lipinski definition) is 4. The summed E-state index contributed by atoms with van der Waals surface area (Å²) in [5, 5.41) is 1.97. The molecule has 3 aliphatic rings. The minimum absolute atomic E-state index is 0.00788. The largest absolute Gasteiger partial charge is 0.474 e. The van der Waals surface area contributed by atoms with E-state index in [0.717, 1.165) is 16.3 Å². The number of allylic oxidation sites excluding steroid dienone is 1. The summed E-state index contributed by atoms with van der Waals surface area (Å²) >= 11 is 0. The van der Waals surface area contributed by atoms with Crippen molar-refractivity contribution in [2.24, 2.45) is 10.8 Å². The lowest BCUT2D eigenvalue weighted by Crippen LogP contribution is -2.57. The second kappa shape index (κ2) is 6.38. The number of benzene rings is 2. The molecule has 0 saturated heterocycles. The zero-order chi connectivity index (χ0) is 22.2. The van der Waals surface area contributed by atoms with Gasteiger partial charge in [0.25, 0.3) is 0 Å². The van der Waals surface area contributed by atoms with Crippen LogP contribution in [-0.2, 0) is 19.1 Å². The molecule has 0 amide bonds. The zero-order valence-electron chi connectivity index (χ0n) is 18.6. The van der Waals surface area contributed by atoms with Crippen molar-refractivity contribution in [1.29, 1.82) is 0 Å². The van der Waals surface area contributed by atoms with Crippen LogP contribution in [0.25, 0.3) is 10.8 Å². The fraction of sp³-hybridized carbons (Fsp3) is 0.444. The highest BCUT2D eigenvalue weighted by Gasteiger charge is 2.65. The molecule has 1 fully saturated rings. The first-order valence-electron chi connectivity index (χ1n) is 11.0. The average Bonchev–Trinajstić information content (AvgIpc) is 3.00. The number of rotatable bonds is 1. The first kappa shape index (κ1) is 20.2. The maximum Gasteiger partial charge on any atom is 0.234 e. The number of fused-ring (bicyclic) bond motifs is 1. The Bertz CT molecular complexity index is 1160. The van der Waals surface area contributed by atoms with Crippen molar-refractivity contribution >= 4 is 28.1 Å². The smallest absolute Gasteiger partial charge is 0.234 e. The van der Waals surface area contributed by atoms with Gasteiger partial charge >= 0.3 is 0 Å². The van der Waals surface area contributed by atoms with Gasteiger partial charge in [-0.1, -0.05) is 70.2 Å². The molecule has 1 heterocycles. The Morgan fingerprint density at radius 3 is 2.10 bits per heavy atom. The molecule has 4 nitrogen and oxygen atoms in total. The highest BCUT2D eigenvalue weighted by molar-refractivity contribution is 6.17. The molecule has 1 saturated carbocycles. The Balaban J connectivity index is 1.78. The summed E-state index contributed by atoms with van der Waals surface area (Å²) in [7, 11) is 0. The van der Waals surface area contributed by atoms with E-state index in [1.165, 1.54) is 0 Å². The molecule has 1 spiro atoms. The predicted octanol–water partition coefficient (Wildman–Crippen LogP) is 5.29. The SMILES string of the molecule is CC1(C)CC(=O)C2(OC3=C(C(=O)CC(C)(C)C3)C2c2cccc3ccccc23)C(=O)C1. The van der Waals surface area contributed by atoms with E-state index in [4.69, 9.17) is 4.74 Å². The first-order valence-corrected chi connectivity index (χ1v) is 11.0. The lowest BCUT2D eigenvalue weighted by Gasteiger charge is -2.41. The molecule has 0 aromatic heterocycles. The van der Waals surface area contributed by atoms with Crippen LogP contribution in [0.15, 0.2) is 53.8 Å². The number of carbonyl (C=O) groups is 3. The van der Waals surface area contributed by atoms with Crippen LogP contribution in [0.1, 0.15) is 64.9 Å². The minimum Gasteiger partial charge on any atom is -0.474 e. The molecule has 0 N–H and O–H groups in total. The van der Waals surface area contributed by atoms with Gasteiger partial charge < -0.3 is 4.74 Å². The van der Waals surface area contributed by atoms with Gasteiger partial charge in [-0.2, -0.15) is 0 Å². The molecule has 31 heavy (non-hydrogen) atoms. The molecular formula is C27H28O4. The molecular weight excluding hydrogens is 388 g/mol.